The third-order valence-electron chi connectivity index (χ3n) is 4.24. The van der Waals surface area contributed by atoms with E-state index in [9.17, 15) is 26.7 Å². The summed E-state index contributed by atoms with van der Waals surface area (Å²) in [4.78, 5) is 13.2. The van der Waals surface area contributed by atoms with Gasteiger partial charge in [0.05, 0.1) is 6.61 Å². The van der Waals surface area contributed by atoms with Gasteiger partial charge in [-0.25, -0.2) is 0 Å². The third-order valence-corrected chi connectivity index (χ3v) is 4.24. The van der Waals surface area contributed by atoms with Crippen LogP contribution < -0.4 is 4.74 Å². The lowest BCUT2D eigenvalue weighted by molar-refractivity contribution is -0.149. The summed E-state index contributed by atoms with van der Waals surface area (Å²) in [6.45, 7) is 0.346. The molecule has 9 heteroatoms. The second kappa shape index (κ2) is 8.67. The summed E-state index contributed by atoms with van der Waals surface area (Å²) >= 11 is 0. The van der Waals surface area contributed by atoms with Crippen molar-refractivity contribution in [3.63, 3.8) is 0 Å². The number of alkyl halides is 5. The molecule has 0 radical (unpaired) electrons. The van der Waals surface area contributed by atoms with Crippen LogP contribution in [0.3, 0.4) is 0 Å². The molecule has 4 nitrogen and oxygen atoms in total. The molecule has 0 atom stereocenters. The number of nitrogens with zero attached hydrogens (tertiary/aromatic N) is 1. The molecule has 1 aliphatic rings. The Morgan fingerprint density at radius 2 is 1.63 bits per heavy atom. The van der Waals surface area contributed by atoms with E-state index in [0.29, 0.717) is 12.8 Å². The van der Waals surface area contributed by atoms with Crippen LogP contribution in [0.25, 0.3) is 0 Å². The summed E-state index contributed by atoms with van der Waals surface area (Å²) < 4.78 is 70.1. The zero-order chi connectivity index (χ0) is 20.1. The largest absolute Gasteiger partial charge is 0.494 e. The van der Waals surface area contributed by atoms with Crippen LogP contribution in [0.4, 0.5) is 22.0 Å². The molecule has 1 aromatic carbocycles. The highest BCUT2D eigenvalue weighted by molar-refractivity contribution is 6.16. The molecule has 0 aromatic heterocycles. The van der Waals surface area contributed by atoms with Crippen LogP contribution in [0.1, 0.15) is 37.7 Å². The normalized spacial score (nSPS) is 15.5. The Kier molecular flexibility index (Phi) is 6.78. The maximum absolute atomic E-state index is 14.4. The van der Waals surface area contributed by atoms with E-state index in [1.165, 1.54) is 24.3 Å². The average molecular weight is 392 g/mol. The maximum atomic E-state index is 14.4. The van der Waals surface area contributed by atoms with Gasteiger partial charge >= 0.3 is 12.1 Å². The number of ether oxygens (including phenoxy) is 1. The van der Waals surface area contributed by atoms with Crippen LogP contribution in [0.2, 0.25) is 0 Å². The minimum Gasteiger partial charge on any atom is -0.494 e. The fourth-order valence-corrected chi connectivity index (χ4v) is 2.76. The highest BCUT2D eigenvalue weighted by Gasteiger charge is 2.47. The van der Waals surface area contributed by atoms with Crippen molar-refractivity contribution in [1.29, 1.82) is 5.41 Å². The molecule has 1 fully saturated rings. The first kappa shape index (κ1) is 21.1. The van der Waals surface area contributed by atoms with Crippen LogP contribution in [0.15, 0.2) is 24.3 Å². The molecule has 0 aliphatic carbocycles. The average Bonchev–Trinajstić information content (AvgIpc) is 2.64. The van der Waals surface area contributed by atoms with Gasteiger partial charge in [-0.2, -0.15) is 22.0 Å². The molecular formula is C18H21F5N2O2. The van der Waals surface area contributed by atoms with Crippen LogP contribution >= 0.6 is 0 Å². The molecular weight excluding hydrogens is 371 g/mol. The number of nitrogens with one attached hydrogen (secondary N) is 1. The number of halogens is 5. The Morgan fingerprint density at radius 1 is 1.04 bits per heavy atom. The molecule has 0 spiro atoms. The minimum atomic E-state index is -4.26. The first-order chi connectivity index (χ1) is 12.6. The molecule has 0 unspecified atom stereocenters. The Morgan fingerprint density at radius 3 is 2.19 bits per heavy atom. The second-order valence-corrected chi connectivity index (χ2v) is 6.39. The smallest absolute Gasteiger partial charge is 0.389 e. The first-order valence-electron chi connectivity index (χ1n) is 8.67. The predicted octanol–water partition coefficient (Wildman–Crippen LogP) is 4.42. The van der Waals surface area contributed by atoms with Crippen molar-refractivity contribution in [2.24, 2.45) is 0 Å². The number of carbonyl (C=O) groups is 1. The van der Waals surface area contributed by atoms with Crippen molar-refractivity contribution < 1.29 is 31.5 Å². The van der Waals surface area contributed by atoms with Gasteiger partial charge in [-0.15, -0.1) is 0 Å². The van der Waals surface area contributed by atoms with E-state index in [1.54, 1.807) is 0 Å². The Labute approximate surface area is 153 Å². The molecule has 1 N–H and O–H groups in total. The molecule has 150 valence electrons. The van der Waals surface area contributed by atoms with E-state index in [2.05, 4.69) is 0 Å². The van der Waals surface area contributed by atoms with E-state index in [-0.39, 0.29) is 37.4 Å². The van der Waals surface area contributed by atoms with Crippen LogP contribution in [-0.2, 0) is 4.79 Å². The van der Waals surface area contributed by atoms with E-state index >= 15 is 0 Å². The Bertz CT molecular complexity index is 653. The SMILES string of the molecule is N=C(c1ccc(OCCCC(F)(F)F)cc1)C(F)(F)C(=O)N1CCCCC1. The topological polar surface area (TPSA) is 53.4 Å². The van der Waals surface area contributed by atoms with E-state index in [4.69, 9.17) is 10.1 Å². The summed E-state index contributed by atoms with van der Waals surface area (Å²) in [5, 5.41) is 7.73. The van der Waals surface area contributed by atoms with Crippen molar-refractivity contribution in [3.05, 3.63) is 29.8 Å². The van der Waals surface area contributed by atoms with Crippen molar-refractivity contribution in [2.75, 3.05) is 19.7 Å². The number of likely N-dealkylation sites (tertiary alicyclic amines) is 1. The van der Waals surface area contributed by atoms with Gasteiger partial charge in [-0.3, -0.25) is 10.2 Å². The summed E-state index contributed by atoms with van der Waals surface area (Å²) in [6, 6.07) is 4.97. The number of carbonyl (C=O) groups excluding carboxylic acids is 1. The molecule has 1 aliphatic heterocycles. The molecule has 1 amide bonds. The van der Waals surface area contributed by atoms with Crippen molar-refractivity contribution in [1.82, 2.24) is 4.90 Å². The summed E-state index contributed by atoms with van der Waals surface area (Å²) in [5.41, 5.74) is -1.25. The van der Waals surface area contributed by atoms with Crippen molar-refractivity contribution >= 4 is 11.6 Å². The molecule has 27 heavy (non-hydrogen) atoms. The molecule has 1 aromatic rings. The lowest BCUT2D eigenvalue weighted by Gasteiger charge is -2.30. The van der Waals surface area contributed by atoms with Crippen molar-refractivity contribution in [3.8, 4) is 5.75 Å². The quantitative estimate of drug-likeness (QED) is 0.424. The summed E-state index contributed by atoms with van der Waals surface area (Å²) in [6.07, 6.45) is -3.24. The molecule has 1 saturated heterocycles. The number of piperidine rings is 1. The fraction of sp³-hybridized carbons (Fsp3) is 0.556. The van der Waals surface area contributed by atoms with Gasteiger partial charge in [0.15, 0.2) is 0 Å². The van der Waals surface area contributed by atoms with Gasteiger partial charge in [-0.1, -0.05) is 0 Å². The summed E-state index contributed by atoms with van der Waals surface area (Å²) in [5.74, 6) is -5.11. The standard InChI is InChI=1S/C18H21F5N2O2/c19-17(20,21)9-4-12-27-14-7-5-13(6-8-14)15(24)18(22,23)16(26)25-10-2-1-3-11-25/h5-8,24H,1-4,9-12H2. The van der Waals surface area contributed by atoms with Crippen LogP contribution in [-0.4, -0.2) is 48.3 Å². The second-order valence-electron chi connectivity index (χ2n) is 6.39. The molecule has 0 bridgehead atoms. The number of rotatable bonds is 7. The number of hydrogen-bond acceptors (Lipinski definition) is 3. The van der Waals surface area contributed by atoms with Gasteiger partial charge < -0.3 is 9.64 Å². The maximum Gasteiger partial charge on any atom is 0.389 e. The monoisotopic (exact) mass is 392 g/mol. The Hall–Kier alpha value is -2.19. The zero-order valence-corrected chi connectivity index (χ0v) is 14.6. The number of hydrogen-bond donors (Lipinski definition) is 1. The lowest BCUT2D eigenvalue weighted by atomic mass is 10.0. The van der Waals surface area contributed by atoms with Gasteiger partial charge in [-0.05, 0) is 49.9 Å². The molecule has 1 heterocycles. The number of amides is 1. The lowest BCUT2D eigenvalue weighted by Crippen LogP contribution is -2.50. The predicted molar refractivity (Wildman–Crippen MR) is 89.4 cm³/mol. The first-order valence-corrected chi connectivity index (χ1v) is 8.67. The highest BCUT2D eigenvalue weighted by Crippen LogP contribution is 2.26. The van der Waals surface area contributed by atoms with E-state index in [0.717, 1.165) is 11.3 Å². The summed E-state index contributed by atoms with van der Waals surface area (Å²) in [7, 11) is 0. The van der Waals surface area contributed by atoms with Crippen LogP contribution in [0, 0.1) is 5.41 Å². The minimum absolute atomic E-state index is 0.145. The highest BCUT2D eigenvalue weighted by atomic mass is 19.4. The van der Waals surface area contributed by atoms with E-state index < -0.39 is 30.1 Å². The fourth-order valence-electron chi connectivity index (χ4n) is 2.76. The van der Waals surface area contributed by atoms with Gasteiger partial charge in [0.2, 0.25) is 0 Å². The van der Waals surface area contributed by atoms with Crippen molar-refractivity contribution in [2.45, 2.75) is 44.2 Å². The molecule has 2 rings (SSSR count). The van der Waals surface area contributed by atoms with Gasteiger partial charge in [0.25, 0.3) is 5.91 Å². The van der Waals surface area contributed by atoms with Crippen LogP contribution in [0.5, 0.6) is 5.75 Å². The Balaban J connectivity index is 1.94. The van der Waals surface area contributed by atoms with Gasteiger partial charge in [0, 0.05) is 25.1 Å². The number of benzene rings is 1. The van der Waals surface area contributed by atoms with E-state index in [1.807, 2.05) is 0 Å². The van der Waals surface area contributed by atoms with Gasteiger partial charge in [0.1, 0.15) is 11.5 Å². The molecule has 0 saturated carbocycles. The third kappa shape index (κ3) is 5.90. The zero-order valence-electron chi connectivity index (χ0n) is 14.6.